The number of amides is 1. The molecule has 11 nitrogen and oxygen atoms in total. The Balaban J connectivity index is 1.74. The van der Waals surface area contributed by atoms with Crippen LogP contribution in [0.3, 0.4) is 0 Å². The SMILES string of the molecule is C=CC(=O)N[C@@H]1CN(c2nc(Nc3cn(C)nc3OC)c3ncn(C(C)C)c3n2)C[C@H]1F. The first-order valence-corrected chi connectivity index (χ1v) is 10.2. The maximum atomic E-state index is 14.6. The van der Waals surface area contributed by atoms with E-state index in [2.05, 4.69) is 37.3 Å². The second-order valence-electron chi connectivity index (χ2n) is 7.88. The summed E-state index contributed by atoms with van der Waals surface area (Å²) >= 11 is 0. The molecule has 4 heterocycles. The fourth-order valence-corrected chi connectivity index (χ4v) is 3.65. The third-order valence-electron chi connectivity index (χ3n) is 5.25. The van der Waals surface area contributed by atoms with Gasteiger partial charge < -0.3 is 24.8 Å². The van der Waals surface area contributed by atoms with Crippen LogP contribution in [0.2, 0.25) is 0 Å². The van der Waals surface area contributed by atoms with E-state index in [1.165, 1.54) is 7.11 Å². The summed E-state index contributed by atoms with van der Waals surface area (Å²) < 4.78 is 23.5. The monoisotopic (exact) mass is 443 g/mol. The zero-order chi connectivity index (χ0) is 23.0. The maximum Gasteiger partial charge on any atom is 0.256 e. The third-order valence-corrected chi connectivity index (χ3v) is 5.25. The molecule has 1 aliphatic rings. The number of aromatic nitrogens is 6. The topological polar surface area (TPSA) is 115 Å². The van der Waals surface area contributed by atoms with Gasteiger partial charge in [0.05, 0.1) is 32.2 Å². The van der Waals surface area contributed by atoms with Gasteiger partial charge in [0, 0.05) is 19.6 Å². The molecule has 0 bridgehead atoms. The summed E-state index contributed by atoms with van der Waals surface area (Å²) in [6.07, 6.45) is 3.33. The van der Waals surface area contributed by atoms with Crippen LogP contribution in [0.5, 0.6) is 5.88 Å². The van der Waals surface area contributed by atoms with Crippen molar-refractivity contribution in [2.45, 2.75) is 32.1 Å². The summed E-state index contributed by atoms with van der Waals surface area (Å²) in [6.45, 7) is 7.75. The standard InChI is InChI=1S/C20H26FN9O2/c1-6-15(31)23-13-9-29(7-12(13)21)20-25-17(24-14-8-28(4)27-19(14)32-5)16-18(26-20)30(10-22-16)11(2)3/h6,8,10-13H,1,7,9H2,2-5H3,(H,23,31)(H,24,25,26)/t12-,13-/m1/s1. The molecule has 0 aliphatic carbocycles. The molecule has 32 heavy (non-hydrogen) atoms. The van der Waals surface area contributed by atoms with Crippen LogP contribution in [0.4, 0.5) is 21.8 Å². The quantitative estimate of drug-likeness (QED) is 0.531. The molecule has 12 heteroatoms. The van der Waals surface area contributed by atoms with Gasteiger partial charge in [-0.05, 0) is 19.9 Å². The van der Waals surface area contributed by atoms with Crippen LogP contribution in [0.1, 0.15) is 19.9 Å². The lowest BCUT2D eigenvalue weighted by Crippen LogP contribution is -2.40. The van der Waals surface area contributed by atoms with Crippen molar-refractivity contribution in [2.24, 2.45) is 7.05 Å². The van der Waals surface area contributed by atoms with Gasteiger partial charge in [-0.15, -0.1) is 5.10 Å². The minimum atomic E-state index is -1.26. The summed E-state index contributed by atoms with van der Waals surface area (Å²) in [7, 11) is 3.32. The van der Waals surface area contributed by atoms with E-state index in [9.17, 15) is 9.18 Å². The molecular formula is C20H26FN9O2. The number of imidazole rings is 1. The smallest absolute Gasteiger partial charge is 0.256 e. The molecule has 0 aromatic carbocycles. The molecule has 1 amide bonds. The van der Waals surface area contributed by atoms with Crippen molar-refractivity contribution >= 4 is 34.5 Å². The second kappa shape index (κ2) is 8.44. The lowest BCUT2D eigenvalue weighted by atomic mass is 10.2. The number of ether oxygens (including phenoxy) is 1. The fourth-order valence-electron chi connectivity index (χ4n) is 3.65. The number of fused-ring (bicyclic) bond motifs is 1. The van der Waals surface area contributed by atoms with Gasteiger partial charge in [0.2, 0.25) is 11.9 Å². The minimum Gasteiger partial charge on any atom is -0.478 e. The lowest BCUT2D eigenvalue weighted by Gasteiger charge is -2.18. The van der Waals surface area contributed by atoms with Crippen LogP contribution < -0.4 is 20.3 Å². The number of methoxy groups -OCH3 is 1. The van der Waals surface area contributed by atoms with E-state index < -0.39 is 18.1 Å². The predicted octanol–water partition coefficient (Wildman–Crippen LogP) is 1.72. The Morgan fingerprint density at radius 1 is 1.38 bits per heavy atom. The number of halogens is 1. The molecule has 0 saturated carbocycles. The number of nitrogens with zero attached hydrogens (tertiary/aromatic N) is 7. The van der Waals surface area contributed by atoms with Crippen LogP contribution in [-0.2, 0) is 11.8 Å². The molecule has 0 radical (unpaired) electrons. The fraction of sp³-hybridized carbons (Fsp3) is 0.450. The number of nitrogens with one attached hydrogen (secondary N) is 2. The Labute approximate surface area is 184 Å². The van der Waals surface area contributed by atoms with Crippen LogP contribution in [0.25, 0.3) is 11.2 Å². The van der Waals surface area contributed by atoms with E-state index in [4.69, 9.17) is 4.74 Å². The Kier molecular flexibility index (Phi) is 5.68. The van der Waals surface area contributed by atoms with Gasteiger partial charge in [-0.2, -0.15) is 9.97 Å². The van der Waals surface area contributed by atoms with Gasteiger partial charge in [-0.3, -0.25) is 9.48 Å². The molecule has 2 N–H and O–H groups in total. The van der Waals surface area contributed by atoms with E-state index >= 15 is 0 Å². The average molecular weight is 443 g/mol. The van der Waals surface area contributed by atoms with Gasteiger partial charge in [0.15, 0.2) is 17.0 Å². The zero-order valence-electron chi connectivity index (χ0n) is 18.4. The van der Waals surface area contributed by atoms with E-state index in [0.29, 0.717) is 34.5 Å². The Hall–Kier alpha value is -3.70. The summed E-state index contributed by atoms with van der Waals surface area (Å²) in [5.74, 6) is 0.772. The average Bonchev–Trinajstić information content (AvgIpc) is 3.44. The molecule has 3 aromatic heterocycles. The second-order valence-corrected chi connectivity index (χ2v) is 7.88. The van der Waals surface area contributed by atoms with Crippen LogP contribution in [0, 0.1) is 0 Å². The molecule has 1 saturated heterocycles. The van der Waals surface area contributed by atoms with Crippen molar-refractivity contribution in [1.29, 1.82) is 0 Å². The summed E-state index contributed by atoms with van der Waals surface area (Å²) in [5.41, 5.74) is 1.80. The van der Waals surface area contributed by atoms with Crippen molar-refractivity contribution in [3.63, 3.8) is 0 Å². The molecule has 1 aliphatic heterocycles. The normalized spacial score (nSPS) is 18.4. The number of carbonyl (C=O) groups is 1. The maximum absolute atomic E-state index is 14.6. The number of rotatable bonds is 7. The van der Waals surface area contributed by atoms with Crippen molar-refractivity contribution in [1.82, 2.24) is 34.6 Å². The first-order valence-electron chi connectivity index (χ1n) is 10.2. The Morgan fingerprint density at radius 3 is 2.84 bits per heavy atom. The third kappa shape index (κ3) is 3.95. The minimum absolute atomic E-state index is 0.0546. The number of alkyl halides is 1. The zero-order valence-corrected chi connectivity index (χ0v) is 18.4. The lowest BCUT2D eigenvalue weighted by molar-refractivity contribution is -0.117. The van der Waals surface area contributed by atoms with Crippen LogP contribution in [-0.4, -0.2) is 67.6 Å². The molecule has 0 spiro atoms. The largest absolute Gasteiger partial charge is 0.478 e. The number of hydrogen-bond acceptors (Lipinski definition) is 8. The first kappa shape index (κ1) is 21.5. The van der Waals surface area contributed by atoms with Crippen molar-refractivity contribution in [2.75, 3.05) is 30.4 Å². The number of aryl methyl sites for hydroxylation is 1. The predicted molar refractivity (Wildman–Crippen MR) is 118 cm³/mol. The highest BCUT2D eigenvalue weighted by Gasteiger charge is 2.35. The van der Waals surface area contributed by atoms with Crippen LogP contribution >= 0.6 is 0 Å². The van der Waals surface area contributed by atoms with E-state index in [0.717, 1.165) is 6.08 Å². The van der Waals surface area contributed by atoms with E-state index in [1.807, 2.05) is 18.4 Å². The highest BCUT2D eigenvalue weighted by atomic mass is 19.1. The molecular weight excluding hydrogens is 417 g/mol. The summed E-state index contributed by atoms with van der Waals surface area (Å²) in [5, 5.41) is 10.1. The van der Waals surface area contributed by atoms with Crippen molar-refractivity contribution < 1.29 is 13.9 Å². The van der Waals surface area contributed by atoms with E-state index in [-0.39, 0.29) is 19.1 Å². The van der Waals surface area contributed by atoms with Crippen molar-refractivity contribution in [3.8, 4) is 5.88 Å². The Bertz CT molecular complexity index is 1160. The summed E-state index contributed by atoms with van der Waals surface area (Å²) in [4.78, 5) is 27.2. The highest BCUT2D eigenvalue weighted by molar-refractivity contribution is 5.88. The van der Waals surface area contributed by atoms with Gasteiger partial charge >= 0.3 is 0 Å². The first-order chi connectivity index (χ1) is 15.3. The Morgan fingerprint density at radius 2 is 2.16 bits per heavy atom. The number of hydrogen-bond donors (Lipinski definition) is 2. The molecule has 170 valence electrons. The molecule has 1 fully saturated rings. The van der Waals surface area contributed by atoms with Gasteiger partial charge in [0.25, 0.3) is 5.88 Å². The molecule has 4 rings (SSSR count). The van der Waals surface area contributed by atoms with Gasteiger partial charge in [0.1, 0.15) is 11.9 Å². The molecule has 2 atom stereocenters. The van der Waals surface area contributed by atoms with Crippen LogP contribution in [0.15, 0.2) is 25.2 Å². The molecule has 0 unspecified atom stereocenters. The summed E-state index contributed by atoms with van der Waals surface area (Å²) in [6, 6.07) is -0.569. The van der Waals surface area contributed by atoms with Gasteiger partial charge in [-0.1, -0.05) is 6.58 Å². The van der Waals surface area contributed by atoms with Crippen molar-refractivity contribution in [3.05, 3.63) is 25.2 Å². The number of carbonyl (C=O) groups excluding carboxylic acids is 1. The highest BCUT2D eigenvalue weighted by Crippen LogP contribution is 2.31. The molecule has 3 aromatic rings. The number of anilines is 3. The van der Waals surface area contributed by atoms with E-state index in [1.54, 1.807) is 29.2 Å². The van der Waals surface area contributed by atoms with Gasteiger partial charge in [-0.25, -0.2) is 9.37 Å².